The number of aliphatic hydroxyl groups is 3. The largest absolute Gasteiger partial charge is 0.394 e. The highest BCUT2D eigenvalue weighted by Gasteiger charge is 2.35. The van der Waals surface area contributed by atoms with Crippen molar-refractivity contribution >= 4 is 17.5 Å². The molecule has 7 nitrogen and oxygen atoms in total. The monoisotopic (exact) mass is 696 g/mol. The zero-order valence-electron chi connectivity index (χ0n) is 32.4. The lowest BCUT2D eigenvalue weighted by molar-refractivity contribution is -0.154. The quantitative estimate of drug-likeness (QED) is 0.0335. The van der Waals surface area contributed by atoms with E-state index in [1.54, 1.807) is 0 Å². The van der Waals surface area contributed by atoms with Crippen LogP contribution in [0.1, 0.15) is 219 Å². The first-order chi connectivity index (χ1) is 23.9. The number of nitrogens with zero attached hydrogens (tertiary/aromatic N) is 1. The van der Waals surface area contributed by atoms with E-state index in [2.05, 4.69) is 13.8 Å². The first-order valence-corrected chi connectivity index (χ1v) is 21.2. The van der Waals surface area contributed by atoms with Crippen LogP contribution in [-0.2, 0) is 14.4 Å². The molecular formula is C42H81NO6. The fraction of sp³-hybridized carbons (Fsp3) is 0.929. The van der Waals surface area contributed by atoms with Crippen molar-refractivity contribution in [2.45, 2.75) is 232 Å². The molecule has 49 heavy (non-hydrogen) atoms. The van der Waals surface area contributed by atoms with E-state index in [1.165, 1.54) is 172 Å². The molecule has 0 heterocycles. The molecule has 0 saturated carbocycles. The van der Waals surface area contributed by atoms with Crippen LogP contribution in [0.15, 0.2) is 0 Å². The second-order valence-corrected chi connectivity index (χ2v) is 14.8. The van der Waals surface area contributed by atoms with Crippen LogP contribution in [0.25, 0.3) is 0 Å². The van der Waals surface area contributed by atoms with Crippen molar-refractivity contribution in [2.24, 2.45) is 0 Å². The Kier molecular flexibility index (Phi) is 35.5. The van der Waals surface area contributed by atoms with E-state index in [9.17, 15) is 24.6 Å². The molecule has 0 spiro atoms. The van der Waals surface area contributed by atoms with Crippen LogP contribution in [0.2, 0.25) is 0 Å². The molecule has 0 bridgehead atoms. The number of ketones is 2. The highest BCUT2D eigenvalue weighted by atomic mass is 16.4. The Balaban J connectivity index is 4.23. The second kappa shape index (κ2) is 36.5. The van der Waals surface area contributed by atoms with Crippen LogP contribution in [0.5, 0.6) is 0 Å². The molecule has 0 saturated heterocycles. The molecule has 290 valence electrons. The third-order valence-electron chi connectivity index (χ3n) is 10.1. The van der Waals surface area contributed by atoms with Crippen molar-refractivity contribution in [3.8, 4) is 0 Å². The molecule has 0 fully saturated rings. The van der Waals surface area contributed by atoms with Crippen molar-refractivity contribution in [3.05, 3.63) is 0 Å². The van der Waals surface area contributed by atoms with Gasteiger partial charge in [-0.15, -0.1) is 0 Å². The topological polar surface area (TPSA) is 115 Å². The van der Waals surface area contributed by atoms with Gasteiger partial charge >= 0.3 is 0 Å². The van der Waals surface area contributed by atoms with Gasteiger partial charge in [0.1, 0.15) is 12.2 Å². The number of hydrogen-bond donors (Lipinski definition) is 3. The summed E-state index contributed by atoms with van der Waals surface area (Å²) in [5.74, 6) is -3.57. The lowest BCUT2D eigenvalue weighted by Gasteiger charge is -2.22. The van der Waals surface area contributed by atoms with E-state index in [0.29, 0.717) is 13.1 Å². The molecule has 0 aliphatic heterocycles. The molecule has 0 rings (SSSR count). The summed E-state index contributed by atoms with van der Waals surface area (Å²) >= 11 is 0. The molecule has 1 amide bonds. The van der Waals surface area contributed by atoms with Crippen LogP contribution in [0.4, 0.5) is 0 Å². The van der Waals surface area contributed by atoms with Crippen molar-refractivity contribution in [1.82, 2.24) is 4.90 Å². The van der Waals surface area contributed by atoms with Gasteiger partial charge in [-0.3, -0.25) is 14.4 Å². The smallest absolute Gasteiger partial charge is 0.298 e. The normalized spacial score (nSPS) is 12.7. The summed E-state index contributed by atoms with van der Waals surface area (Å²) in [5.41, 5.74) is 0. The lowest BCUT2D eigenvalue weighted by Crippen LogP contribution is -2.47. The first-order valence-electron chi connectivity index (χ1n) is 21.2. The van der Waals surface area contributed by atoms with Crippen molar-refractivity contribution in [2.75, 3.05) is 19.7 Å². The van der Waals surface area contributed by atoms with E-state index in [4.69, 9.17) is 5.11 Å². The molecule has 0 aromatic rings. The Morgan fingerprint density at radius 2 is 0.673 bits per heavy atom. The fourth-order valence-electron chi connectivity index (χ4n) is 6.67. The first kappa shape index (κ1) is 47.7. The summed E-state index contributed by atoms with van der Waals surface area (Å²) in [4.78, 5) is 39.4. The molecule has 0 aliphatic carbocycles. The Morgan fingerprint density at radius 3 is 0.918 bits per heavy atom. The minimum Gasteiger partial charge on any atom is -0.394 e. The van der Waals surface area contributed by atoms with E-state index >= 15 is 0 Å². The van der Waals surface area contributed by atoms with Gasteiger partial charge in [0.15, 0.2) is 0 Å². The Hall–Kier alpha value is -1.31. The van der Waals surface area contributed by atoms with E-state index in [0.717, 1.165) is 38.5 Å². The maximum atomic E-state index is 13.0. The number of rotatable bonds is 39. The molecule has 0 aromatic heterocycles. The Labute approximate surface area is 302 Å². The van der Waals surface area contributed by atoms with Gasteiger partial charge in [0, 0.05) is 13.1 Å². The maximum absolute atomic E-state index is 13.0. The van der Waals surface area contributed by atoms with Gasteiger partial charge in [-0.1, -0.05) is 206 Å². The van der Waals surface area contributed by atoms with E-state index in [-0.39, 0.29) is 0 Å². The zero-order valence-corrected chi connectivity index (χ0v) is 32.4. The number of hydrogen-bond acceptors (Lipinski definition) is 6. The predicted octanol–water partition coefficient (Wildman–Crippen LogP) is 10.2. The van der Waals surface area contributed by atoms with Gasteiger partial charge in [0.25, 0.3) is 11.7 Å². The summed E-state index contributed by atoms with van der Waals surface area (Å²) in [6.45, 7) is 4.48. The third-order valence-corrected chi connectivity index (χ3v) is 10.1. The SMILES string of the molecule is CCCCCCCCCCCCCCCCCCN(CCCCCCCCCCCCCCCCCC)C(=O)C(=O)C(=O)C(O)C(O)CO. The van der Waals surface area contributed by atoms with Crippen molar-refractivity contribution in [3.63, 3.8) is 0 Å². The van der Waals surface area contributed by atoms with Crippen molar-refractivity contribution < 1.29 is 29.7 Å². The summed E-state index contributed by atoms with van der Waals surface area (Å²) in [5, 5.41) is 28.5. The fourth-order valence-corrected chi connectivity index (χ4v) is 6.67. The van der Waals surface area contributed by atoms with Gasteiger partial charge in [0.05, 0.1) is 6.61 Å². The molecule has 2 unspecified atom stereocenters. The number of unbranched alkanes of at least 4 members (excludes halogenated alkanes) is 30. The Morgan fingerprint density at radius 1 is 0.429 bits per heavy atom. The zero-order chi connectivity index (χ0) is 36.2. The summed E-state index contributed by atoms with van der Waals surface area (Å²) in [7, 11) is 0. The van der Waals surface area contributed by atoms with Gasteiger partial charge in [-0.05, 0) is 12.8 Å². The molecule has 0 radical (unpaired) electrons. The van der Waals surface area contributed by atoms with Crippen LogP contribution in [-0.4, -0.2) is 69.6 Å². The molecule has 7 heteroatoms. The number of aliphatic hydroxyl groups excluding tert-OH is 3. The van der Waals surface area contributed by atoms with E-state index in [1.807, 2.05) is 0 Å². The number of Topliss-reactive ketones (excluding diaryl/α,β-unsaturated/α-hetero) is 2. The minimum absolute atomic E-state index is 0.410. The lowest BCUT2D eigenvalue weighted by atomic mass is 10.0. The highest BCUT2D eigenvalue weighted by Crippen LogP contribution is 2.16. The number of carbonyl (C=O) groups excluding carboxylic acids is 3. The number of amides is 1. The molecular weight excluding hydrogens is 614 g/mol. The van der Waals surface area contributed by atoms with Crippen molar-refractivity contribution in [1.29, 1.82) is 0 Å². The van der Waals surface area contributed by atoms with Gasteiger partial charge in [-0.25, -0.2) is 0 Å². The maximum Gasteiger partial charge on any atom is 0.298 e. The average Bonchev–Trinajstić information content (AvgIpc) is 3.11. The molecule has 0 aliphatic rings. The van der Waals surface area contributed by atoms with Crippen LogP contribution in [0, 0.1) is 0 Å². The van der Waals surface area contributed by atoms with E-state index < -0.39 is 36.3 Å². The summed E-state index contributed by atoms with van der Waals surface area (Å²) in [6, 6.07) is 0. The standard InChI is InChI=1S/C42H81NO6/c1-3-5-7-9-11-13-15-17-19-21-23-25-27-29-31-33-35-43(42(49)41(48)40(47)39(46)38(45)37-44)36-34-32-30-28-26-24-22-20-18-16-14-12-10-8-6-4-2/h38-39,44-46H,3-37H2,1-2H3. The minimum atomic E-state index is -2.09. The van der Waals surface area contributed by atoms with Gasteiger partial charge in [-0.2, -0.15) is 0 Å². The molecule has 2 atom stereocenters. The molecule has 0 aromatic carbocycles. The Bertz CT molecular complexity index is 723. The van der Waals surface area contributed by atoms with Gasteiger partial charge < -0.3 is 20.2 Å². The predicted molar refractivity (Wildman–Crippen MR) is 205 cm³/mol. The van der Waals surface area contributed by atoms with Gasteiger partial charge in [0.2, 0.25) is 5.78 Å². The summed E-state index contributed by atoms with van der Waals surface area (Å²) < 4.78 is 0. The highest BCUT2D eigenvalue weighted by molar-refractivity contribution is 6.64. The molecule has 3 N–H and O–H groups in total. The van der Waals surface area contributed by atoms with Crippen LogP contribution in [0.3, 0.4) is 0 Å². The summed E-state index contributed by atoms with van der Waals surface area (Å²) in [6.07, 6.45) is 36.4. The number of carbonyl (C=O) groups is 3. The average molecular weight is 696 g/mol. The second-order valence-electron chi connectivity index (χ2n) is 14.8. The van der Waals surface area contributed by atoms with Crippen LogP contribution < -0.4 is 0 Å². The van der Waals surface area contributed by atoms with Crippen LogP contribution >= 0.6 is 0 Å². The third kappa shape index (κ3) is 29.0.